The first kappa shape index (κ1) is 21.2. The molecule has 1 aliphatic carbocycles. The maximum Gasteiger partial charge on any atom is 0.233 e. The van der Waals surface area contributed by atoms with E-state index in [-0.39, 0.29) is 17.7 Å². The smallest absolute Gasteiger partial charge is 0.233 e. The molecule has 3 aromatic rings. The van der Waals surface area contributed by atoms with Gasteiger partial charge >= 0.3 is 0 Å². The number of halogens is 1. The molecule has 1 fully saturated rings. The highest BCUT2D eigenvalue weighted by Gasteiger charge is 2.29. The van der Waals surface area contributed by atoms with Crippen molar-refractivity contribution in [3.63, 3.8) is 0 Å². The molecule has 2 heterocycles. The lowest BCUT2D eigenvalue weighted by molar-refractivity contribution is 0.0837. The summed E-state index contributed by atoms with van der Waals surface area (Å²) in [6.07, 6.45) is 4.85. The quantitative estimate of drug-likeness (QED) is 0.591. The third-order valence-electron chi connectivity index (χ3n) is 5.76. The molecule has 1 saturated carbocycles. The molecule has 31 heavy (non-hydrogen) atoms. The fourth-order valence-corrected chi connectivity index (χ4v) is 4.00. The van der Waals surface area contributed by atoms with Gasteiger partial charge in [0.2, 0.25) is 5.88 Å². The molecule has 2 aromatic heterocycles. The van der Waals surface area contributed by atoms with Crippen LogP contribution >= 0.6 is 0 Å². The number of pyridine rings is 1. The number of benzene rings is 1. The van der Waals surface area contributed by atoms with Crippen molar-refractivity contribution < 1.29 is 14.2 Å². The molecule has 2 unspecified atom stereocenters. The molecule has 0 spiro atoms. The van der Waals surface area contributed by atoms with E-state index in [0.717, 1.165) is 29.5 Å². The number of aromatic nitrogens is 3. The third kappa shape index (κ3) is 4.99. The molecule has 1 aromatic carbocycles. The van der Waals surface area contributed by atoms with Gasteiger partial charge in [0.15, 0.2) is 0 Å². The summed E-state index contributed by atoms with van der Waals surface area (Å²) in [4.78, 5) is 4.20. The fraction of sp³-hybridized carbons (Fsp3) is 0.375. The number of alkyl halides is 1. The molecule has 2 N–H and O–H groups in total. The summed E-state index contributed by atoms with van der Waals surface area (Å²) in [5, 5.41) is 22.1. The molecule has 3 atom stereocenters. The Morgan fingerprint density at radius 3 is 2.65 bits per heavy atom. The Morgan fingerprint density at radius 2 is 1.94 bits per heavy atom. The minimum Gasteiger partial charge on any atom is -0.507 e. The molecular weight excluding hydrogens is 395 g/mol. The van der Waals surface area contributed by atoms with Crippen molar-refractivity contribution in [1.82, 2.24) is 20.5 Å². The van der Waals surface area contributed by atoms with E-state index in [4.69, 9.17) is 4.74 Å². The van der Waals surface area contributed by atoms with Gasteiger partial charge in [0, 0.05) is 42.0 Å². The predicted molar refractivity (Wildman–Crippen MR) is 118 cm³/mol. The largest absolute Gasteiger partial charge is 0.507 e. The summed E-state index contributed by atoms with van der Waals surface area (Å²) in [6, 6.07) is 11.0. The van der Waals surface area contributed by atoms with Crippen LogP contribution in [-0.4, -0.2) is 45.7 Å². The second-order valence-electron chi connectivity index (χ2n) is 8.06. The van der Waals surface area contributed by atoms with Gasteiger partial charge in [-0.25, -0.2) is 4.39 Å². The molecule has 0 radical (unpaired) electrons. The van der Waals surface area contributed by atoms with Crippen LogP contribution in [0.2, 0.25) is 0 Å². The van der Waals surface area contributed by atoms with E-state index in [9.17, 15) is 9.50 Å². The molecule has 162 valence electrons. The molecule has 7 heteroatoms. The van der Waals surface area contributed by atoms with Gasteiger partial charge in [-0.15, -0.1) is 10.2 Å². The Balaban J connectivity index is 1.50. The van der Waals surface area contributed by atoms with E-state index in [1.54, 1.807) is 36.7 Å². The third-order valence-corrected chi connectivity index (χ3v) is 5.76. The van der Waals surface area contributed by atoms with Gasteiger partial charge in [0.1, 0.15) is 18.0 Å². The van der Waals surface area contributed by atoms with Crippen molar-refractivity contribution in [3.05, 3.63) is 54.4 Å². The average Bonchev–Trinajstić information content (AvgIpc) is 2.95. The van der Waals surface area contributed by atoms with Crippen LogP contribution in [0.25, 0.3) is 22.4 Å². The summed E-state index contributed by atoms with van der Waals surface area (Å²) in [7, 11) is 1.89. The zero-order chi connectivity index (χ0) is 21.8. The summed E-state index contributed by atoms with van der Waals surface area (Å²) >= 11 is 0. The van der Waals surface area contributed by atoms with Gasteiger partial charge in [0.05, 0.1) is 5.69 Å². The number of ether oxygens (including phenoxy) is 1. The Bertz CT molecular complexity index is 1030. The van der Waals surface area contributed by atoms with Crippen LogP contribution in [0.1, 0.15) is 31.2 Å². The highest BCUT2D eigenvalue weighted by atomic mass is 19.1. The van der Waals surface area contributed by atoms with Gasteiger partial charge in [0.25, 0.3) is 0 Å². The Morgan fingerprint density at radius 1 is 1.06 bits per heavy atom. The van der Waals surface area contributed by atoms with E-state index in [0.29, 0.717) is 24.1 Å². The van der Waals surface area contributed by atoms with Crippen molar-refractivity contribution in [3.8, 4) is 34.0 Å². The summed E-state index contributed by atoms with van der Waals surface area (Å²) in [6.45, 7) is 1.98. The SMILES string of the molecule is CNC1CCCC(F)[C@@H](Oc2ccc(-c3ccc(-c4cncc(C)c4)cc3O)nn2)C1. The molecule has 1 aliphatic rings. The minimum atomic E-state index is -1.02. The highest BCUT2D eigenvalue weighted by molar-refractivity contribution is 5.74. The van der Waals surface area contributed by atoms with E-state index >= 15 is 0 Å². The van der Waals surface area contributed by atoms with E-state index in [2.05, 4.69) is 20.5 Å². The second kappa shape index (κ2) is 9.39. The van der Waals surface area contributed by atoms with Crippen LogP contribution in [0.15, 0.2) is 48.8 Å². The first-order valence-electron chi connectivity index (χ1n) is 10.6. The van der Waals surface area contributed by atoms with Crippen LogP contribution in [0, 0.1) is 6.92 Å². The number of hydrogen-bond acceptors (Lipinski definition) is 6. The number of nitrogens with zero attached hydrogens (tertiary/aromatic N) is 3. The molecule has 0 amide bonds. The fourth-order valence-electron chi connectivity index (χ4n) is 4.00. The van der Waals surface area contributed by atoms with Crippen LogP contribution in [-0.2, 0) is 0 Å². The number of aromatic hydroxyl groups is 1. The lowest BCUT2D eigenvalue weighted by Crippen LogP contribution is -2.35. The highest BCUT2D eigenvalue weighted by Crippen LogP contribution is 2.33. The first-order chi connectivity index (χ1) is 15.0. The van der Waals surface area contributed by atoms with Crippen LogP contribution in [0.5, 0.6) is 11.6 Å². The predicted octanol–water partition coefficient (Wildman–Crippen LogP) is 4.47. The number of aryl methyl sites for hydroxylation is 1. The number of nitrogens with one attached hydrogen (secondary N) is 1. The average molecular weight is 423 g/mol. The monoisotopic (exact) mass is 422 g/mol. The standard InChI is InChI=1S/C24H27FN4O2/c1-15-10-17(14-27-13-15)16-6-7-19(22(30)11-16)21-8-9-24(29-28-21)31-23-12-18(26-2)4-3-5-20(23)25/h6-11,13-14,18,20,23,26,30H,3-5,12H2,1-2H3/t18?,20?,23-/m0/s1. The molecule has 6 nitrogen and oxygen atoms in total. The van der Waals surface area contributed by atoms with Crippen molar-refractivity contribution >= 4 is 0 Å². The zero-order valence-corrected chi connectivity index (χ0v) is 17.8. The minimum absolute atomic E-state index is 0.103. The van der Waals surface area contributed by atoms with E-state index < -0.39 is 12.3 Å². The Kier molecular flexibility index (Phi) is 6.42. The van der Waals surface area contributed by atoms with Gasteiger partial charge in [-0.2, -0.15) is 0 Å². The Labute approximate surface area is 181 Å². The molecule has 0 bridgehead atoms. The van der Waals surface area contributed by atoms with Crippen molar-refractivity contribution in [2.45, 2.75) is 50.9 Å². The van der Waals surface area contributed by atoms with Crippen LogP contribution < -0.4 is 10.1 Å². The maximum absolute atomic E-state index is 14.5. The van der Waals surface area contributed by atoms with E-state index in [1.807, 2.05) is 26.1 Å². The number of phenolic OH excluding ortho intramolecular Hbond substituents is 1. The van der Waals surface area contributed by atoms with Crippen molar-refractivity contribution in [2.24, 2.45) is 0 Å². The van der Waals surface area contributed by atoms with Crippen LogP contribution in [0.3, 0.4) is 0 Å². The molecule has 0 saturated heterocycles. The lowest BCUT2D eigenvalue weighted by atomic mass is 10.0. The molecular formula is C24H27FN4O2. The summed E-state index contributed by atoms with van der Waals surface area (Å²) < 4.78 is 20.3. The van der Waals surface area contributed by atoms with Crippen molar-refractivity contribution in [1.29, 1.82) is 0 Å². The topological polar surface area (TPSA) is 80.2 Å². The summed E-state index contributed by atoms with van der Waals surface area (Å²) in [5.74, 6) is 0.390. The van der Waals surface area contributed by atoms with Crippen molar-refractivity contribution in [2.75, 3.05) is 7.05 Å². The molecule has 0 aliphatic heterocycles. The normalized spacial score (nSPS) is 21.5. The number of hydrogen-bond donors (Lipinski definition) is 2. The number of phenols is 1. The van der Waals surface area contributed by atoms with Crippen LogP contribution in [0.4, 0.5) is 4.39 Å². The summed E-state index contributed by atoms with van der Waals surface area (Å²) in [5.41, 5.74) is 3.93. The van der Waals surface area contributed by atoms with Gasteiger partial charge in [-0.1, -0.05) is 6.07 Å². The Hall–Kier alpha value is -3.06. The first-order valence-corrected chi connectivity index (χ1v) is 10.6. The van der Waals surface area contributed by atoms with Gasteiger partial charge < -0.3 is 15.2 Å². The van der Waals surface area contributed by atoms with Gasteiger partial charge in [-0.3, -0.25) is 4.98 Å². The number of rotatable bonds is 5. The lowest BCUT2D eigenvalue weighted by Gasteiger charge is -2.22. The van der Waals surface area contributed by atoms with Gasteiger partial charge in [-0.05, 0) is 68.6 Å². The maximum atomic E-state index is 14.5. The zero-order valence-electron chi connectivity index (χ0n) is 17.8. The second-order valence-corrected chi connectivity index (χ2v) is 8.06. The molecule has 4 rings (SSSR count). The van der Waals surface area contributed by atoms with E-state index in [1.165, 1.54) is 0 Å².